The molecule has 0 spiro atoms. The minimum atomic E-state index is -4.74. The van der Waals surface area contributed by atoms with Crippen molar-refractivity contribution in [3.05, 3.63) is 0 Å². The third-order valence-corrected chi connectivity index (χ3v) is 3.00. The molecule has 0 aliphatic heterocycles. The Morgan fingerprint density at radius 1 is 0.833 bits per heavy atom. The molecule has 0 fully saturated rings. The first-order valence-electron chi connectivity index (χ1n) is 6.23. The number of rotatable bonds is 11. The van der Waals surface area contributed by atoms with Crippen LogP contribution in [0, 0.1) is 0 Å². The van der Waals surface area contributed by atoms with Gasteiger partial charge in [0.2, 0.25) is 0 Å². The molecule has 7 heteroatoms. The molecule has 0 atom stereocenters. The Bertz CT molecular complexity index is 199. The van der Waals surface area contributed by atoms with Crippen LogP contribution in [0.2, 0.25) is 0 Å². The zero-order valence-corrected chi connectivity index (χ0v) is 17.0. The summed E-state index contributed by atoms with van der Waals surface area (Å²) in [6, 6.07) is 0. The van der Waals surface area contributed by atoms with Crippen molar-refractivity contribution >= 4 is 7.82 Å². The predicted octanol–water partition coefficient (Wildman–Crippen LogP) is -3.63. The second kappa shape index (κ2) is 17.2. The first-order valence-corrected chi connectivity index (χ1v) is 7.69. The van der Waals surface area contributed by atoms with Crippen molar-refractivity contribution in [2.24, 2.45) is 0 Å². The van der Waals surface area contributed by atoms with Crippen LogP contribution in [0.15, 0.2) is 0 Å². The number of phosphoric ester groups is 1. The Morgan fingerprint density at radius 2 is 1.22 bits per heavy atom. The van der Waals surface area contributed by atoms with Gasteiger partial charge in [-0.05, 0) is 6.42 Å². The summed E-state index contributed by atoms with van der Waals surface area (Å²) in [5.41, 5.74) is 0. The Kier molecular flexibility index (Phi) is 23.9. The van der Waals surface area contributed by atoms with Crippen molar-refractivity contribution in [2.75, 3.05) is 6.61 Å². The van der Waals surface area contributed by atoms with Crippen LogP contribution in [0.3, 0.4) is 0 Å². The van der Waals surface area contributed by atoms with Gasteiger partial charge in [-0.25, -0.2) is 0 Å². The summed E-state index contributed by atoms with van der Waals surface area (Å²) >= 11 is 0. The van der Waals surface area contributed by atoms with Crippen LogP contribution in [0.4, 0.5) is 0 Å². The molecule has 98 valence electrons. The molecule has 0 unspecified atom stereocenters. The van der Waals surface area contributed by atoms with Gasteiger partial charge >= 0.3 is 59.1 Å². The molecule has 0 aliphatic carbocycles. The molecule has 0 bridgehead atoms. The van der Waals surface area contributed by atoms with E-state index < -0.39 is 7.82 Å². The maximum absolute atomic E-state index is 10.1. The molecule has 0 aromatic heterocycles. The fourth-order valence-corrected chi connectivity index (χ4v) is 1.94. The van der Waals surface area contributed by atoms with Crippen molar-refractivity contribution in [2.45, 2.75) is 64.7 Å². The molecule has 18 heavy (non-hydrogen) atoms. The summed E-state index contributed by atoms with van der Waals surface area (Å²) in [6.07, 6.45) is 10.3. The molecule has 0 aliphatic rings. The van der Waals surface area contributed by atoms with Crippen molar-refractivity contribution in [1.82, 2.24) is 0 Å². The van der Waals surface area contributed by atoms with Crippen molar-refractivity contribution < 1.29 is 78.0 Å². The van der Waals surface area contributed by atoms with Crippen molar-refractivity contribution in [3.63, 3.8) is 0 Å². The minimum Gasteiger partial charge on any atom is -0.790 e. The zero-order valence-electron chi connectivity index (χ0n) is 12.2. The second-order valence-corrected chi connectivity index (χ2v) is 5.26. The van der Waals surface area contributed by atoms with Crippen LogP contribution >= 0.6 is 7.82 Å². The standard InChI is InChI=1S/C11H25O4P.2Na/c1-2-3-4-5-6-7-8-9-10-11-15-16(12,13)14;;/h2-11H2,1H3,(H2,12,13,14);;/q;2*+1/p-2. The molecule has 0 saturated heterocycles. The van der Waals surface area contributed by atoms with E-state index in [4.69, 9.17) is 0 Å². The van der Waals surface area contributed by atoms with Crippen LogP contribution < -0.4 is 68.9 Å². The molecule has 0 saturated carbocycles. The van der Waals surface area contributed by atoms with E-state index in [-0.39, 0.29) is 65.7 Å². The molecule has 0 aromatic rings. The fourth-order valence-electron chi connectivity index (χ4n) is 1.59. The van der Waals surface area contributed by atoms with Crippen molar-refractivity contribution in [1.29, 1.82) is 0 Å². The van der Waals surface area contributed by atoms with Gasteiger partial charge in [-0.1, -0.05) is 58.3 Å². The van der Waals surface area contributed by atoms with Gasteiger partial charge in [-0.15, -0.1) is 0 Å². The van der Waals surface area contributed by atoms with E-state index in [1.165, 1.54) is 38.5 Å². The van der Waals surface area contributed by atoms with Gasteiger partial charge in [-0.2, -0.15) is 0 Å². The third-order valence-electron chi connectivity index (χ3n) is 2.50. The zero-order chi connectivity index (χ0) is 12.3. The van der Waals surface area contributed by atoms with Gasteiger partial charge in [0.25, 0.3) is 0 Å². The van der Waals surface area contributed by atoms with E-state index in [9.17, 15) is 14.4 Å². The first-order chi connectivity index (χ1) is 7.56. The molecular weight excluding hydrogens is 273 g/mol. The fraction of sp³-hybridized carbons (Fsp3) is 1.00. The Hall–Kier alpha value is 2.11. The largest absolute Gasteiger partial charge is 1.00 e. The summed E-state index contributed by atoms with van der Waals surface area (Å²) in [4.78, 5) is 20.2. The van der Waals surface area contributed by atoms with E-state index >= 15 is 0 Å². The van der Waals surface area contributed by atoms with Gasteiger partial charge in [0.1, 0.15) is 0 Å². The molecule has 0 aromatic carbocycles. The maximum atomic E-state index is 10.1. The first kappa shape index (κ1) is 25.1. The van der Waals surface area contributed by atoms with E-state index in [0.29, 0.717) is 6.42 Å². The van der Waals surface area contributed by atoms with Crippen molar-refractivity contribution in [3.8, 4) is 0 Å². The van der Waals surface area contributed by atoms with Gasteiger partial charge in [0.15, 0.2) is 0 Å². The monoisotopic (exact) mass is 296 g/mol. The summed E-state index contributed by atoms with van der Waals surface area (Å²) in [5.74, 6) is 0. The molecule has 0 amide bonds. The Balaban J connectivity index is -0.00000112. The van der Waals surface area contributed by atoms with Crippen LogP contribution in [-0.4, -0.2) is 6.61 Å². The number of unbranched alkanes of at least 4 members (excludes halogenated alkanes) is 8. The van der Waals surface area contributed by atoms with E-state index in [0.717, 1.165) is 12.8 Å². The topological polar surface area (TPSA) is 72.4 Å². The SMILES string of the molecule is CCCCCCCCCCCOP(=O)([O-])[O-].[Na+].[Na+]. The van der Waals surface area contributed by atoms with Gasteiger partial charge < -0.3 is 18.9 Å². The Labute approximate surface area is 155 Å². The predicted molar refractivity (Wildman–Crippen MR) is 60.8 cm³/mol. The number of hydrogen-bond acceptors (Lipinski definition) is 4. The van der Waals surface area contributed by atoms with E-state index in [1.54, 1.807) is 0 Å². The summed E-state index contributed by atoms with van der Waals surface area (Å²) in [5, 5.41) is 0. The summed E-state index contributed by atoms with van der Waals surface area (Å²) < 4.78 is 14.3. The van der Waals surface area contributed by atoms with E-state index in [2.05, 4.69) is 11.4 Å². The van der Waals surface area contributed by atoms with Crippen LogP contribution in [0.1, 0.15) is 64.7 Å². The summed E-state index contributed by atoms with van der Waals surface area (Å²) in [6.45, 7) is 2.24. The maximum Gasteiger partial charge on any atom is 1.00 e. The molecule has 0 N–H and O–H groups in total. The van der Waals surface area contributed by atoms with E-state index in [1.807, 2.05) is 0 Å². The average Bonchev–Trinajstić information content (AvgIpc) is 2.19. The number of hydrogen-bond donors (Lipinski definition) is 0. The van der Waals surface area contributed by atoms with Gasteiger partial charge in [0.05, 0.1) is 14.4 Å². The summed E-state index contributed by atoms with van der Waals surface area (Å²) in [7, 11) is -4.74. The second-order valence-electron chi connectivity index (χ2n) is 4.11. The quantitative estimate of drug-likeness (QED) is 0.224. The van der Waals surface area contributed by atoms with Crippen LogP contribution in [-0.2, 0) is 9.09 Å². The molecule has 0 rings (SSSR count). The van der Waals surface area contributed by atoms with Crippen LogP contribution in [0.25, 0.3) is 0 Å². The Morgan fingerprint density at radius 3 is 1.61 bits per heavy atom. The molecule has 4 nitrogen and oxygen atoms in total. The third kappa shape index (κ3) is 23.2. The van der Waals surface area contributed by atoms with Gasteiger partial charge in [-0.3, -0.25) is 0 Å². The molecule has 0 heterocycles. The van der Waals surface area contributed by atoms with Gasteiger partial charge in [0, 0.05) is 0 Å². The smallest absolute Gasteiger partial charge is 0.790 e. The molecular formula is C11H23Na2O4P. The normalized spacial score (nSPS) is 10.6. The molecule has 0 radical (unpaired) electrons. The minimum absolute atomic E-state index is 0. The number of phosphoric acid groups is 1. The van der Waals surface area contributed by atoms with Crippen LogP contribution in [0.5, 0.6) is 0 Å². The average molecular weight is 296 g/mol.